The van der Waals surface area contributed by atoms with Crippen LogP contribution >= 0.6 is 0 Å². The lowest BCUT2D eigenvalue weighted by Crippen LogP contribution is -2.05. The lowest BCUT2D eigenvalue weighted by atomic mass is 10.3. The summed E-state index contributed by atoms with van der Waals surface area (Å²) in [5.74, 6) is -0.284. The van der Waals surface area contributed by atoms with Gasteiger partial charge in [-0.25, -0.2) is 4.79 Å². The van der Waals surface area contributed by atoms with E-state index in [1.807, 2.05) is 13.8 Å². The first-order valence-electron chi connectivity index (χ1n) is 5.50. The van der Waals surface area contributed by atoms with Crippen LogP contribution in [-0.2, 0) is 14.3 Å². The van der Waals surface area contributed by atoms with Gasteiger partial charge in [-0.1, -0.05) is 19.9 Å². The summed E-state index contributed by atoms with van der Waals surface area (Å²) in [5.41, 5.74) is 0.469. The molecule has 0 saturated carbocycles. The number of rotatable bonds is 6. The van der Waals surface area contributed by atoms with Gasteiger partial charge in [0.2, 0.25) is 0 Å². The van der Waals surface area contributed by atoms with Crippen molar-refractivity contribution in [3.05, 3.63) is 12.2 Å². The predicted octanol–water partition coefficient (Wildman–Crippen LogP) is 2.95. The van der Waals surface area contributed by atoms with Gasteiger partial charge in [-0.05, 0) is 27.2 Å². The zero-order valence-corrected chi connectivity index (χ0v) is 10.5. The lowest BCUT2D eigenvalue weighted by Gasteiger charge is -2.01. The third-order valence-electron chi connectivity index (χ3n) is 1.49. The topological polar surface area (TPSA) is 35.5 Å². The molecule has 0 radical (unpaired) electrons. The molecule has 0 amide bonds. The number of carbonyl (C=O) groups excluding carboxylic acids is 1. The molecule has 3 heteroatoms. The predicted molar refractivity (Wildman–Crippen MR) is 62.8 cm³/mol. The maximum absolute atomic E-state index is 10.7. The Balaban J connectivity index is 0. The van der Waals surface area contributed by atoms with E-state index in [-0.39, 0.29) is 5.97 Å². The standard InChI is InChI=1S/C8H14O2.C4H10O/c1-4-5-6-10-8(9)7(2)3;1-3-5-4-2/h2,4-6H2,1,3H3;3-4H2,1-2H3. The summed E-state index contributed by atoms with van der Waals surface area (Å²) in [6.45, 7) is 13.3. The highest BCUT2D eigenvalue weighted by Crippen LogP contribution is 1.94. The maximum atomic E-state index is 10.7. The molecule has 0 rings (SSSR count). The second-order valence-electron chi connectivity index (χ2n) is 3.05. The fourth-order valence-corrected chi connectivity index (χ4v) is 0.637. The molecule has 0 aliphatic heterocycles. The molecule has 0 aromatic carbocycles. The van der Waals surface area contributed by atoms with Gasteiger partial charge in [0.25, 0.3) is 0 Å². The van der Waals surface area contributed by atoms with Crippen LogP contribution in [0.4, 0.5) is 0 Å². The Morgan fingerprint density at radius 2 is 1.73 bits per heavy atom. The fraction of sp³-hybridized carbons (Fsp3) is 0.750. The number of hydrogen-bond acceptors (Lipinski definition) is 3. The molecule has 0 atom stereocenters. The van der Waals surface area contributed by atoms with E-state index in [9.17, 15) is 4.79 Å². The second kappa shape index (κ2) is 13.2. The van der Waals surface area contributed by atoms with Gasteiger partial charge in [0.15, 0.2) is 0 Å². The highest BCUT2D eigenvalue weighted by Gasteiger charge is 2.00. The Labute approximate surface area is 93.5 Å². The van der Waals surface area contributed by atoms with Crippen LogP contribution in [0, 0.1) is 0 Å². The normalized spacial score (nSPS) is 8.80. The quantitative estimate of drug-likeness (QED) is 0.389. The van der Waals surface area contributed by atoms with E-state index < -0.39 is 0 Å². The average molecular weight is 216 g/mol. The highest BCUT2D eigenvalue weighted by molar-refractivity contribution is 5.86. The van der Waals surface area contributed by atoms with Gasteiger partial charge < -0.3 is 9.47 Å². The van der Waals surface area contributed by atoms with Crippen LogP contribution in [0.15, 0.2) is 12.2 Å². The van der Waals surface area contributed by atoms with E-state index in [1.165, 1.54) is 0 Å². The van der Waals surface area contributed by atoms with Crippen molar-refractivity contribution >= 4 is 5.97 Å². The van der Waals surface area contributed by atoms with E-state index in [2.05, 4.69) is 13.5 Å². The summed E-state index contributed by atoms with van der Waals surface area (Å²) in [5, 5.41) is 0. The van der Waals surface area contributed by atoms with E-state index in [4.69, 9.17) is 9.47 Å². The summed E-state index contributed by atoms with van der Waals surface area (Å²) in [7, 11) is 0. The molecule has 3 nitrogen and oxygen atoms in total. The molecule has 90 valence electrons. The fourth-order valence-electron chi connectivity index (χ4n) is 0.637. The SMILES string of the molecule is C=C(C)C(=O)OCCCC.CCOCC. The van der Waals surface area contributed by atoms with Crippen molar-refractivity contribution < 1.29 is 14.3 Å². The van der Waals surface area contributed by atoms with Crippen LogP contribution in [0.2, 0.25) is 0 Å². The van der Waals surface area contributed by atoms with Gasteiger partial charge in [-0.15, -0.1) is 0 Å². The van der Waals surface area contributed by atoms with E-state index in [1.54, 1.807) is 6.92 Å². The van der Waals surface area contributed by atoms with Crippen LogP contribution in [0.1, 0.15) is 40.5 Å². The highest BCUT2D eigenvalue weighted by atomic mass is 16.5. The van der Waals surface area contributed by atoms with Gasteiger partial charge >= 0.3 is 5.97 Å². The molecule has 0 aromatic heterocycles. The van der Waals surface area contributed by atoms with Crippen LogP contribution in [0.25, 0.3) is 0 Å². The zero-order valence-electron chi connectivity index (χ0n) is 10.5. The van der Waals surface area contributed by atoms with Gasteiger partial charge in [0.05, 0.1) is 6.61 Å². The Kier molecular flexibility index (Phi) is 14.6. The minimum atomic E-state index is -0.284. The molecule has 0 heterocycles. The van der Waals surface area contributed by atoms with Crippen LogP contribution in [0.5, 0.6) is 0 Å². The van der Waals surface area contributed by atoms with Gasteiger partial charge in [0, 0.05) is 18.8 Å². The molecule has 0 spiro atoms. The number of hydrogen-bond donors (Lipinski definition) is 0. The van der Waals surface area contributed by atoms with Crippen LogP contribution < -0.4 is 0 Å². The van der Waals surface area contributed by atoms with E-state index in [0.717, 1.165) is 26.1 Å². The number of ether oxygens (including phenoxy) is 2. The molecular weight excluding hydrogens is 192 g/mol. The summed E-state index contributed by atoms with van der Waals surface area (Å²) in [6, 6.07) is 0. The Hall–Kier alpha value is -0.830. The van der Waals surface area contributed by atoms with E-state index in [0.29, 0.717) is 12.2 Å². The van der Waals surface area contributed by atoms with Crippen molar-refractivity contribution in [2.75, 3.05) is 19.8 Å². The largest absolute Gasteiger partial charge is 0.462 e. The van der Waals surface area contributed by atoms with Crippen molar-refractivity contribution in [2.24, 2.45) is 0 Å². The minimum absolute atomic E-state index is 0.284. The third-order valence-corrected chi connectivity index (χ3v) is 1.49. The van der Waals surface area contributed by atoms with Crippen molar-refractivity contribution in [2.45, 2.75) is 40.5 Å². The smallest absolute Gasteiger partial charge is 0.333 e. The van der Waals surface area contributed by atoms with Crippen molar-refractivity contribution in [3.63, 3.8) is 0 Å². The summed E-state index contributed by atoms with van der Waals surface area (Å²) >= 11 is 0. The van der Waals surface area contributed by atoms with Crippen LogP contribution in [-0.4, -0.2) is 25.8 Å². The molecule has 0 aromatic rings. The third kappa shape index (κ3) is 15.9. The lowest BCUT2D eigenvalue weighted by molar-refractivity contribution is -0.139. The molecule has 0 saturated heterocycles. The first kappa shape index (κ1) is 16.6. The summed E-state index contributed by atoms with van der Waals surface area (Å²) in [4.78, 5) is 10.7. The maximum Gasteiger partial charge on any atom is 0.333 e. The van der Waals surface area contributed by atoms with Gasteiger partial charge in [-0.3, -0.25) is 0 Å². The van der Waals surface area contributed by atoms with Gasteiger partial charge in [-0.2, -0.15) is 0 Å². The second-order valence-corrected chi connectivity index (χ2v) is 3.05. The van der Waals surface area contributed by atoms with Gasteiger partial charge in [0.1, 0.15) is 0 Å². The molecule has 15 heavy (non-hydrogen) atoms. The van der Waals surface area contributed by atoms with E-state index >= 15 is 0 Å². The molecule has 0 aliphatic carbocycles. The Morgan fingerprint density at radius 1 is 1.20 bits per heavy atom. The van der Waals surface area contributed by atoms with Crippen LogP contribution in [0.3, 0.4) is 0 Å². The molecular formula is C12H24O3. The Morgan fingerprint density at radius 3 is 2.00 bits per heavy atom. The minimum Gasteiger partial charge on any atom is -0.462 e. The molecule has 0 unspecified atom stereocenters. The molecule has 0 fully saturated rings. The number of unbranched alkanes of at least 4 members (excludes halogenated alkanes) is 1. The van der Waals surface area contributed by atoms with Crippen molar-refractivity contribution in [1.29, 1.82) is 0 Å². The monoisotopic (exact) mass is 216 g/mol. The summed E-state index contributed by atoms with van der Waals surface area (Å²) < 4.78 is 9.64. The van der Waals surface area contributed by atoms with Crippen molar-refractivity contribution in [1.82, 2.24) is 0 Å². The zero-order chi connectivity index (χ0) is 12.1. The summed E-state index contributed by atoms with van der Waals surface area (Å²) in [6.07, 6.45) is 1.97. The van der Waals surface area contributed by atoms with Crippen molar-refractivity contribution in [3.8, 4) is 0 Å². The number of carbonyl (C=O) groups is 1. The molecule has 0 N–H and O–H groups in total. The average Bonchev–Trinajstić information content (AvgIpc) is 2.20. The number of esters is 1. The first-order valence-corrected chi connectivity index (χ1v) is 5.50. The first-order chi connectivity index (χ1) is 7.09. The Bertz CT molecular complexity index is 162. The molecule has 0 bridgehead atoms. The molecule has 0 aliphatic rings.